The van der Waals surface area contributed by atoms with Gasteiger partial charge in [-0.2, -0.15) is 5.10 Å². The van der Waals surface area contributed by atoms with Gasteiger partial charge < -0.3 is 4.57 Å². The van der Waals surface area contributed by atoms with Gasteiger partial charge in [0.05, 0.1) is 11.2 Å². The molecule has 0 spiro atoms. The zero-order chi connectivity index (χ0) is 9.42. The van der Waals surface area contributed by atoms with Gasteiger partial charge >= 0.3 is 0 Å². The third-order valence-electron chi connectivity index (χ3n) is 2.09. The van der Waals surface area contributed by atoms with Crippen molar-refractivity contribution in [1.29, 1.82) is 0 Å². The number of aryl methyl sites for hydroxylation is 1. The first kappa shape index (κ1) is 8.38. The van der Waals surface area contributed by atoms with Crippen LogP contribution in [0.1, 0.15) is 11.3 Å². The molecule has 0 aromatic carbocycles. The topological polar surface area (TPSA) is 33.6 Å². The van der Waals surface area contributed by atoms with Crippen LogP contribution < -0.4 is 0 Å². The van der Waals surface area contributed by atoms with Gasteiger partial charge in [0, 0.05) is 18.0 Å². The summed E-state index contributed by atoms with van der Waals surface area (Å²) in [5.41, 5.74) is 2.11. The van der Waals surface area contributed by atoms with Crippen LogP contribution in [0.15, 0.2) is 18.5 Å². The van der Waals surface area contributed by atoms with E-state index < -0.39 is 0 Å². The third kappa shape index (κ3) is 1.25. The van der Waals surface area contributed by atoms with Crippen LogP contribution in [0.25, 0.3) is 5.82 Å². The van der Waals surface area contributed by atoms with E-state index in [9.17, 15) is 0 Å². The molecular formula is C9H10ClN3. The minimum atomic E-state index is 0.814. The molecule has 2 heterocycles. The van der Waals surface area contributed by atoms with Crippen LogP contribution in [0.3, 0.4) is 0 Å². The molecule has 0 saturated carbocycles. The van der Waals surface area contributed by atoms with Gasteiger partial charge in [0.25, 0.3) is 0 Å². The van der Waals surface area contributed by atoms with E-state index in [1.165, 1.54) is 0 Å². The molecule has 68 valence electrons. The maximum absolute atomic E-state index is 6.06. The number of nitrogens with one attached hydrogen (secondary N) is 1. The van der Waals surface area contributed by atoms with Crippen LogP contribution in [-0.4, -0.2) is 14.8 Å². The van der Waals surface area contributed by atoms with E-state index in [0.717, 1.165) is 22.1 Å². The Balaban J connectivity index is 2.59. The molecule has 1 N–H and O–H groups in total. The van der Waals surface area contributed by atoms with Crippen LogP contribution >= 0.6 is 11.6 Å². The number of halogens is 1. The molecule has 0 bridgehead atoms. The number of aromatic amines is 1. The summed E-state index contributed by atoms with van der Waals surface area (Å²) in [5, 5.41) is 7.59. The molecule has 2 aromatic heterocycles. The second-order valence-corrected chi connectivity index (χ2v) is 3.40. The first-order valence-corrected chi connectivity index (χ1v) is 4.41. The lowest BCUT2D eigenvalue weighted by molar-refractivity contribution is 0.932. The quantitative estimate of drug-likeness (QED) is 0.745. The predicted octanol–water partition coefficient (Wildman–Crippen LogP) is 2.47. The third-order valence-corrected chi connectivity index (χ3v) is 2.67. The number of hydrogen-bond acceptors (Lipinski definition) is 1. The number of nitrogens with zero attached hydrogens (tertiary/aromatic N) is 2. The average molecular weight is 196 g/mol. The molecule has 0 unspecified atom stereocenters. The Kier molecular flexibility index (Phi) is 1.88. The maximum Gasteiger partial charge on any atom is 0.132 e. The molecule has 0 fully saturated rings. The molecule has 0 amide bonds. The van der Waals surface area contributed by atoms with Crippen molar-refractivity contribution in [2.24, 2.45) is 0 Å². The minimum Gasteiger partial charge on any atom is -0.304 e. The average Bonchev–Trinajstić information content (AvgIpc) is 2.70. The molecule has 0 aliphatic rings. The number of hydrogen-bond donors (Lipinski definition) is 1. The summed E-state index contributed by atoms with van der Waals surface area (Å²) in [5.74, 6) is 0.938. The number of rotatable bonds is 1. The van der Waals surface area contributed by atoms with Crippen molar-refractivity contribution >= 4 is 11.6 Å². The predicted molar refractivity (Wildman–Crippen MR) is 52.4 cm³/mol. The van der Waals surface area contributed by atoms with Gasteiger partial charge in [-0.05, 0) is 19.4 Å². The fourth-order valence-corrected chi connectivity index (χ4v) is 1.51. The smallest absolute Gasteiger partial charge is 0.132 e. The largest absolute Gasteiger partial charge is 0.304 e. The Morgan fingerprint density at radius 3 is 2.69 bits per heavy atom. The highest BCUT2D eigenvalue weighted by molar-refractivity contribution is 6.32. The van der Waals surface area contributed by atoms with Gasteiger partial charge in [-0.1, -0.05) is 11.6 Å². The Labute approximate surface area is 81.3 Å². The Bertz CT molecular complexity index is 414. The van der Waals surface area contributed by atoms with Crippen molar-refractivity contribution in [3.05, 3.63) is 34.7 Å². The molecular weight excluding hydrogens is 186 g/mol. The second kappa shape index (κ2) is 2.92. The van der Waals surface area contributed by atoms with E-state index >= 15 is 0 Å². The first-order chi connectivity index (χ1) is 6.20. The molecule has 13 heavy (non-hydrogen) atoms. The molecule has 2 rings (SSSR count). The highest BCUT2D eigenvalue weighted by Crippen LogP contribution is 2.23. The molecule has 3 nitrogen and oxygen atoms in total. The second-order valence-electron chi connectivity index (χ2n) is 3.02. The lowest BCUT2D eigenvalue weighted by Crippen LogP contribution is -1.94. The maximum atomic E-state index is 6.06. The fraction of sp³-hybridized carbons (Fsp3) is 0.222. The standard InChI is InChI=1S/C9H10ClN3/c1-6-5-13(7(2)9(6)10)8-3-4-11-12-8/h3-5H,1-2H3,(H,11,12). The van der Waals surface area contributed by atoms with Crippen LogP contribution in [0.5, 0.6) is 0 Å². The molecule has 0 atom stereocenters. The van der Waals surface area contributed by atoms with Gasteiger partial charge in [0.1, 0.15) is 5.82 Å². The molecule has 2 aromatic rings. The fourth-order valence-electron chi connectivity index (χ4n) is 1.37. The van der Waals surface area contributed by atoms with Crippen LogP contribution in [0, 0.1) is 13.8 Å². The molecule has 0 radical (unpaired) electrons. The summed E-state index contributed by atoms with van der Waals surface area (Å²) < 4.78 is 1.99. The van der Waals surface area contributed by atoms with Crippen LogP contribution in [0.4, 0.5) is 0 Å². The lowest BCUT2D eigenvalue weighted by atomic mass is 10.3. The van der Waals surface area contributed by atoms with E-state index in [1.807, 2.05) is 30.7 Å². The minimum absolute atomic E-state index is 0.814. The van der Waals surface area contributed by atoms with Crippen molar-refractivity contribution < 1.29 is 0 Å². The van der Waals surface area contributed by atoms with Gasteiger partial charge in [-0.3, -0.25) is 5.10 Å². The lowest BCUT2D eigenvalue weighted by Gasteiger charge is -2.00. The van der Waals surface area contributed by atoms with E-state index in [-0.39, 0.29) is 0 Å². The monoisotopic (exact) mass is 195 g/mol. The van der Waals surface area contributed by atoms with Gasteiger partial charge in [0.15, 0.2) is 0 Å². The van der Waals surface area contributed by atoms with E-state index in [0.29, 0.717) is 0 Å². The van der Waals surface area contributed by atoms with E-state index in [2.05, 4.69) is 10.2 Å². The molecule has 0 aliphatic heterocycles. The molecule has 0 saturated heterocycles. The van der Waals surface area contributed by atoms with Crippen molar-refractivity contribution in [2.75, 3.05) is 0 Å². The Morgan fingerprint density at radius 1 is 1.46 bits per heavy atom. The van der Waals surface area contributed by atoms with Crippen molar-refractivity contribution in [2.45, 2.75) is 13.8 Å². The normalized spacial score (nSPS) is 10.7. The Hall–Kier alpha value is -1.22. The van der Waals surface area contributed by atoms with Gasteiger partial charge in [0.2, 0.25) is 0 Å². The van der Waals surface area contributed by atoms with Crippen molar-refractivity contribution in [3.8, 4) is 5.82 Å². The molecule has 0 aliphatic carbocycles. The van der Waals surface area contributed by atoms with Crippen molar-refractivity contribution in [3.63, 3.8) is 0 Å². The molecule has 4 heteroatoms. The number of aromatic nitrogens is 3. The Morgan fingerprint density at radius 2 is 2.23 bits per heavy atom. The van der Waals surface area contributed by atoms with E-state index in [1.54, 1.807) is 6.20 Å². The SMILES string of the molecule is Cc1cn(-c2ccn[nH]2)c(C)c1Cl. The van der Waals surface area contributed by atoms with Gasteiger partial charge in [-0.15, -0.1) is 0 Å². The highest BCUT2D eigenvalue weighted by Gasteiger charge is 2.08. The summed E-state index contributed by atoms with van der Waals surface area (Å²) in [6.45, 7) is 3.97. The summed E-state index contributed by atoms with van der Waals surface area (Å²) in [6, 6.07) is 1.91. The highest BCUT2D eigenvalue weighted by atomic mass is 35.5. The first-order valence-electron chi connectivity index (χ1n) is 4.04. The summed E-state index contributed by atoms with van der Waals surface area (Å²) in [4.78, 5) is 0. The zero-order valence-corrected chi connectivity index (χ0v) is 8.26. The summed E-state index contributed by atoms with van der Waals surface area (Å²) in [7, 11) is 0. The van der Waals surface area contributed by atoms with Crippen LogP contribution in [0.2, 0.25) is 5.02 Å². The number of H-pyrrole nitrogens is 1. The summed E-state index contributed by atoms with van der Waals surface area (Å²) in [6.07, 6.45) is 3.71. The van der Waals surface area contributed by atoms with Crippen LogP contribution in [-0.2, 0) is 0 Å². The summed E-state index contributed by atoms with van der Waals surface area (Å²) >= 11 is 6.06. The van der Waals surface area contributed by atoms with E-state index in [4.69, 9.17) is 11.6 Å². The van der Waals surface area contributed by atoms with Gasteiger partial charge in [-0.25, -0.2) is 0 Å². The van der Waals surface area contributed by atoms with Crippen molar-refractivity contribution in [1.82, 2.24) is 14.8 Å². The zero-order valence-electron chi connectivity index (χ0n) is 7.50.